The highest BCUT2D eigenvalue weighted by molar-refractivity contribution is 8.00. The van der Waals surface area contributed by atoms with Crippen LogP contribution in [0.3, 0.4) is 0 Å². The number of hydrogen-bond acceptors (Lipinski definition) is 3. The van der Waals surface area contributed by atoms with Crippen LogP contribution >= 0.6 is 23.4 Å². The SMILES string of the molecule is CSC1(CNc2ccc(C#N)cc2Cl)CCCC1. The summed E-state index contributed by atoms with van der Waals surface area (Å²) >= 11 is 8.12. The van der Waals surface area contributed by atoms with E-state index >= 15 is 0 Å². The monoisotopic (exact) mass is 280 g/mol. The molecule has 2 rings (SSSR count). The van der Waals surface area contributed by atoms with Crippen molar-refractivity contribution in [1.29, 1.82) is 5.26 Å². The number of anilines is 1. The van der Waals surface area contributed by atoms with Crippen LogP contribution < -0.4 is 5.32 Å². The van der Waals surface area contributed by atoms with Crippen LogP contribution in [-0.4, -0.2) is 17.5 Å². The van der Waals surface area contributed by atoms with E-state index in [9.17, 15) is 0 Å². The van der Waals surface area contributed by atoms with Crippen LogP contribution in [0.15, 0.2) is 18.2 Å². The van der Waals surface area contributed by atoms with E-state index in [0.717, 1.165) is 12.2 Å². The van der Waals surface area contributed by atoms with Gasteiger partial charge in [-0.05, 0) is 37.3 Å². The van der Waals surface area contributed by atoms with Crippen LogP contribution in [-0.2, 0) is 0 Å². The molecule has 0 saturated heterocycles. The highest BCUT2D eigenvalue weighted by Crippen LogP contribution is 2.40. The highest BCUT2D eigenvalue weighted by Gasteiger charge is 2.32. The number of nitrogens with one attached hydrogen (secondary N) is 1. The minimum absolute atomic E-state index is 0.358. The van der Waals surface area contributed by atoms with Gasteiger partial charge in [0, 0.05) is 11.3 Å². The van der Waals surface area contributed by atoms with Gasteiger partial charge in [-0.25, -0.2) is 0 Å². The van der Waals surface area contributed by atoms with Crippen molar-refractivity contribution in [1.82, 2.24) is 0 Å². The summed E-state index contributed by atoms with van der Waals surface area (Å²) in [4.78, 5) is 0. The first-order valence-electron chi connectivity index (χ1n) is 6.18. The summed E-state index contributed by atoms with van der Waals surface area (Å²) in [5.74, 6) is 0. The lowest BCUT2D eigenvalue weighted by Gasteiger charge is -2.27. The standard InChI is InChI=1S/C14H17ClN2S/c1-18-14(6-2-3-7-14)10-17-13-5-4-11(9-16)8-12(13)15/h4-5,8,17H,2-3,6-7,10H2,1H3. The fraction of sp³-hybridized carbons (Fsp3) is 0.500. The Hall–Kier alpha value is -0.850. The molecule has 1 saturated carbocycles. The Morgan fingerprint density at radius 2 is 2.17 bits per heavy atom. The van der Waals surface area contributed by atoms with E-state index in [4.69, 9.17) is 16.9 Å². The molecular formula is C14H17ClN2S. The molecule has 1 aromatic rings. The molecule has 1 aliphatic carbocycles. The summed E-state index contributed by atoms with van der Waals surface area (Å²) in [6, 6.07) is 7.50. The lowest BCUT2D eigenvalue weighted by atomic mass is 10.1. The summed E-state index contributed by atoms with van der Waals surface area (Å²) < 4.78 is 0.358. The van der Waals surface area contributed by atoms with Gasteiger partial charge in [-0.15, -0.1) is 0 Å². The molecule has 96 valence electrons. The second kappa shape index (κ2) is 5.86. The highest BCUT2D eigenvalue weighted by atomic mass is 35.5. The molecular weight excluding hydrogens is 264 g/mol. The molecule has 1 aromatic carbocycles. The van der Waals surface area contributed by atoms with Crippen molar-refractivity contribution in [2.24, 2.45) is 0 Å². The number of halogens is 1. The Balaban J connectivity index is 2.04. The molecule has 0 aliphatic heterocycles. The van der Waals surface area contributed by atoms with Gasteiger partial charge in [0.1, 0.15) is 0 Å². The van der Waals surface area contributed by atoms with E-state index in [2.05, 4.69) is 17.6 Å². The predicted molar refractivity (Wildman–Crippen MR) is 79.4 cm³/mol. The molecule has 0 heterocycles. The van der Waals surface area contributed by atoms with Crippen molar-refractivity contribution in [2.75, 3.05) is 18.1 Å². The quantitative estimate of drug-likeness (QED) is 0.893. The predicted octanol–water partition coefficient (Wildman–Crippen LogP) is 4.30. The Morgan fingerprint density at radius 1 is 1.44 bits per heavy atom. The zero-order valence-corrected chi connectivity index (χ0v) is 12.1. The van der Waals surface area contributed by atoms with Crippen molar-refractivity contribution in [3.05, 3.63) is 28.8 Å². The first-order valence-corrected chi connectivity index (χ1v) is 7.78. The van der Waals surface area contributed by atoms with Gasteiger partial charge in [0.2, 0.25) is 0 Å². The Labute approximate surface area is 118 Å². The lowest BCUT2D eigenvalue weighted by Crippen LogP contribution is -2.30. The van der Waals surface area contributed by atoms with E-state index in [-0.39, 0.29) is 0 Å². The summed E-state index contributed by atoms with van der Waals surface area (Å²) in [6.07, 6.45) is 7.38. The van der Waals surface area contributed by atoms with E-state index in [1.54, 1.807) is 12.1 Å². The molecule has 1 fully saturated rings. The number of thioether (sulfide) groups is 1. The van der Waals surface area contributed by atoms with E-state index in [0.29, 0.717) is 15.3 Å². The molecule has 0 spiro atoms. The summed E-state index contributed by atoms with van der Waals surface area (Å²) in [5, 5.41) is 12.9. The molecule has 0 radical (unpaired) electrons. The number of nitriles is 1. The second-order valence-corrected chi connectivity index (χ2v) is 6.44. The van der Waals surface area contributed by atoms with Crippen LogP contribution in [0.4, 0.5) is 5.69 Å². The lowest BCUT2D eigenvalue weighted by molar-refractivity contribution is 0.640. The van der Waals surface area contributed by atoms with Crippen molar-refractivity contribution >= 4 is 29.1 Å². The first kappa shape index (κ1) is 13.6. The van der Waals surface area contributed by atoms with Crippen molar-refractivity contribution < 1.29 is 0 Å². The average Bonchev–Trinajstić information content (AvgIpc) is 2.86. The number of hydrogen-bond donors (Lipinski definition) is 1. The molecule has 2 nitrogen and oxygen atoms in total. The van der Waals surface area contributed by atoms with E-state index in [1.807, 2.05) is 17.8 Å². The molecule has 1 aliphatic rings. The van der Waals surface area contributed by atoms with Gasteiger partial charge in [0.25, 0.3) is 0 Å². The maximum atomic E-state index is 8.80. The fourth-order valence-electron chi connectivity index (χ4n) is 2.46. The number of benzene rings is 1. The number of rotatable bonds is 4. The number of nitrogens with zero attached hydrogens (tertiary/aromatic N) is 1. The third kappa shape index (κ3) is 2.93. The fourth-order valence-corrected chi connectivity index (χ4v) is 3.62. The Kier molecular flexibility index (Phi) is 4.42. The molecule has 4 heteroatoms. The topological polar surface area (TPSA) is 35.8 Å². The van der Waals surface area contributed by atoms with Gasteiger partial charge in [-0.2, -0.15) is 17.0 Å². The van der Waals surface area contributed by atoms with Crippen LogP contribution in [0, 0.1) is 11.3 Å². The normalized spacial score (nSPS) is 17.4. The third-order valence-electron chi connectivity index (χ3n) is 3.65. The Morgan fingerprint density at radius 3 is 2.72 bits per heavy atom. The summed E-state index contributed by atoms with van der Waals surface area (Å²) in [7, 11) is 0. The van der Waals surface area contributed by atoms with Gasteiger partial charge in [0.05, 0.1) is 22.3 Å². The maximum Gasteiger partial charge on any atom is 0.0992 e. The molecule has 0 atom stereocenters. The van der Waals surface area contributed by atoms with Crippen LogP contribution in [0.25, 0.3) is 0 Å². The van der Waals surface area contributed by atoms with Crippen molar-refractivity contribution in [3.63, 3.8) is 0 Å². The second-order valence-electron chi connectivity index (χ2n) is 4.75. The Bertz CT molecular complexity index is 461. The molecule has 0 bridgehead atoms. The molecule has 0 amide bonds. The van der Waals surface area contributed by atoms with Crippen LogP contribution in [0.5, 0.6) is 0 Å². The maximum absolute atomic E-state index is 8.80. The average molecular weight is 281 g/mol. The zero-order chi connectivity index (χ0) is 13.0. The largest absolute Gasteiger partial charge is 0.382 e. The molecule has 1 N–H and O–H groups in total. The van der Waals surface area contributed by atoms with Crippen LogP contribution in [0.1, 0.15) is 31.2 Å². The van der Waals surface area contributed by atoms with E-state index in [1.165, 1.54) is 25.7 Å². The summed E-state index contributed by atoms with van der Waals surface area (Å²) in [5.41, 5.74) is 1.53. The zero-order valence-electron chi connectivity index (χ0n) is 10.5. The van der Waals surface area contributed by atoms with Gasteiger partial charge < -0.3 is 5.32 Å². The van der Waals surface area contributed by atoms with Crippen LogP contribution in [0.2, 0.25) is 5.02 Å². The smallest absolute Gasteiger partial charge is 0.0992 e. The molecule has 18 heavy (non-hydrogen) atoms. The molecule has 0 aromatic heterocycles. The minimum Gasteiger partial charge on any atom is -0.382 e. The van der Waals surface area contributed by atoms with Crippen molar-refractivity contribution in [3.8, 4) is 6.07 Å². The molecule has 0 unspecified atom stereocenters. The first-order chi connectivity index (χ1) is 8.69. The van der Waals surface area contributed by atoms with Gasteiger partial charge >= 0.3 is 0 Å². The summed E-state index contributed by atoms with van der Waals surface area (Å²) in [6.45, 7) is 0.944. The third-order valence-corrected chi connectivity index (χ3v) is 5.38. The minimum atomic E-state index is 0.358. The van der Waals surface area contributed by atoms with E-state index < -0.39 is 0 Å². The van der Waals surface area contributed by atoms with Gasteiger partial charge in [0.15, 0.2) is 0 Å². The van der Waals surface area contributed by atoms with Gasteiger partial charge in [-0.1, -0.05) is 24.4 Å². The van der Waals surface area contributed by atoms with Gasteiger partial charge in [-0.3, -0.25) is 0 Å². The van der Waals surface area contributed by atoms with Crippen molar-refractivity contribution in [2.45, 2.75) is 30.4 Å².